The van der Waals surface area contributed by atoms with Crippen molar-refractivity contribution in [1.29, 1.82) is 0 Å². The molecule has 0 unspecified atom stereocenters. The van der Waals surface area contributed by atoms with Gasteiger partial charge in [0.2, 0.25) is 0 Å². The van der Waals surface area contributed by atoms with Gasteiger partial charge in [-0.2, -0.15) is 5.10 Å². The summed E-state index contributed by atoms with van der Waals surface area (Å²) in [6, 6.07) is 15.9. The van der Waals surface area contributed by atoms with Gasteiger partial charge in [-0.05, 0) is 11.5 Å². The minimum Gasteiger partial charge on any atom is -0.260 e. The number of nitrogens with one attached hydrogen (secondary N) is 1. The number of H-pyrrole nitrogens is 1. The molecule has 3 aromatic rings. The molecule has 0 radical (unpaired) electrons. The molecule has 0 aliphatic carbocycles. The molecule has 0 atom stereocenters. The maximum absolute atomic E-state index is 4.23. The van der Waals surface area contributed by atoms with E-state index in [0.717, 1.165) is 16.5 Å². The van der Waals surface area contributed by atoms with Crippen LogP contribution in [0.2, 0.25) is 0 Å². The zero-order valence-corrected chi connectivity index (χ0v) is 9.04. The highest BCUT2D eigenvalue weighted by Gasteiger charge is 1.98. The van der Waals surface area contributed by atoms with Crippen molar-refractivity contribution in [3.63, 3.8) is 0 Å². The molecular formula is C13H10N4. The SMILES string of the molecule is c1ccc2c(N=Nc3ccn[nH]3)cccc2c1. The molecule has 0 saturated carbocycles. The Balaban J connectivity index is 2.06. The Morgan fingerprint density at radius 2 is 1.76 bits per heavy atom. The van der Waals surface area contributed by atoms with E-state index in [2.05, 4.69) is 32.6 Å². The fourth-order valence-corrected chi connectivity index (χ4v) is 1.71. The highest BCUT2D eigenvalue weighted by Crippen LogP contribution is 2.26. The van der Waals surface area contributed by atoms with Crippen molar-refractivity contribution >= 4 is 22.3 Å². The minimum absolute atomic E-state index is 0.651. The van der Waals surface area contributed by atoms with Crippen LogP contribution in [-0.2, 0) is 0 Å². The number of nitrogens with zero attached hydrogens (tertiary/aromatic N) is 3. The molecule has 0 spiro atoms. The number of azo groups is 1. The smallest absolute Gasteiger partial charge is 0.170 e. The molecule has 0 fully saturated rings. The van der Waals surface area contributed by atoms with Gasteiger partial charge in [0.15, 0.2) is 5.82 Å². The summed E-state index contributed by atoms with van der Waals surface area (Å²) in [5, 5.41) is 17.1. The first-order chi connectivity index (χ1) is 8.43. The van der Waals surface area contributed by atoms with E-state index < -0.39 is 0 Å². The molecule has 1 N–H and O–H groups in total. The number of fused-ring (bicyclic) bond motifs is 1. The lowest BCUT2D eigenvalue weighted by Gasteiger charge is -1.99. The average Bonchev–Trinajstić information content (AvgIpc) is 2.89. The van der Waals surface area contributed by atoms with E-state index in [1.54, 1.807) is 12.3 Å². The summed E-state index contributed by atoms with van der Waals surface area (Å²) in [5.74, 6) is 0.651. The van der Waals surface area contributed by atoms with Crippen molar-refractivity contribution in [3.05, 3.63) is 54.7 Å². The lowest BCUT2D eigenvalue weighted by atomic mass is 10.1. The van der Waals surface area contributed by atoms with Crippen molar-refractivity contribution in [3.8, 4) is 0 Å². The van der Waals surface area contributed by atoms with Crippen molar-refractivity contribution in [2.75, 3.05) is 0 Å². The van der Waals surface area contributed by atoms with Crippen LogP contribution in [0.15, 0.2) is 65.0 Å². The molecule has 17 heavy (non-hydrogen) atoms. The van der Waals surface area contributed by atoms with Gasteiger partial charge in [0.1, 0.15) is 0 Å². The first-order valence-electron chi connectivity index (χ1n) is 5.32. The number of aromatic amines is 1. The Labute approximate surface area is 98.0 Å². The van der Waals surface area contributed by atoms with Crippen molar-refractivity contribution in [2.24, 2.45) is 10.2 Å². The van der Waals surface area contributed by atoms with Gasteiger partial charge in [0.05, 0.1) is 11.9 Å². The highest BCUT2D eigenvalue weighted by atomic mass is 15.2. The summed E-state index contributed by atoms with van der Waals surface area (Å²) in [4.78, 5) is 0. The third-order valence-electron chi connectivity index (χ3n) is 2.52. The molecule has 3 rings (SSSR count). The molecular weight excluding hydrogens is 212 g/mol. The zero-order valence-electron chi connectivity index (χ0n) is 9.04. The quantitative estimate of drug-likeness (QED) is 0.655. The van der Waals surface area contributed by atoms with Gasteiger partial charge < -0.3 is 0 Å². The van der Waals surface area contributed by atoms with Crippen LogP contribution in [0.4, 0.5) is 11.5 Å². The fraction of sp³-hybridized carbons (Fsp3) is 0. The van der Waals surface area contributed by atoms with Gasteiger partial charge in [-0.3, -0.25) is 5.10 Å². The summed E-state index contributed by atoms with van der Waals surface area (Å²) in [6.45, 7) is 0. The highest BCUT2D eigenvalue weighted by molar-refractivity contribution is 5.92. The second-order valence-corrected chi connectivity index (χ2v) is 3.64. The fourth-order valence-electron chi connectivity index (χ4n) is 1.71. The van der Waals surface area contributed by atoms with E-state index in [-0.39, 0.29) is 0 Å². The van der Waals surface area contributed by atoms with Gasteiger partial charge in [0.25, 0.3) is 0 Å². The number of hydrogen-bond acceptors (Lipinski definition) is 3. The zero-order chi connectivity index (χ0) is 11.5. The number of hydrogen-bond donors (Lipinski definition) is 1. The summed E-state index contributed by atoms with van der Waals surface area (Å²) < 4.78 is 0. The standard InChI is InChI=1S/C13H10N4/c1-2-6-11-10(4-1)5-3-7-12(11)15-17-13-8-9-14-16-13/h1-9H,(H,14,16). The lowest BCUT2D eigenvalue weighted by Crippen LogP contribution is -1.72. The van der Waals surface area contributed by atoms with Gasteiger partial charge in [-0.1, -0.05) is 36.4 Å². The Morgan fingerprint density at radius 3 is 2.65 bits per heavy atom. The molecule has 4 heteroatoms. The van der Waals surface area contributed by atoms with Crippen LogP contribution in [0.25, 0.3) is 10.8 Å². The molecule has 82 valence electrons. The summed E-state index contributed by atoms with van der Waals surface area (Å²) in [7, 11) is 0. The molecule has 4 nitrogen and oxygen atoms in total. The summed E-state index contributed by atoms with van der Waals surface area (Å²) in [6.07, 6.45) is 1.65. The van der Waals surface area contributed by atoms with Crippen LogP contribution in [0.1, 0.15) is 0 Å². The van der Waals surface area contributed by atoms with Gasteiger partial charge in [-0.15, -0.1) is 10.2 Å². The van der Waals surface area contributed by atoms with E-state index in [4.69, 9.17) is 0 Å². The number of benzene rings is 2. The second-order valence-electron chi connectivity index (χ2n) is 3.64. The largest absolute Gasteiger partial charge is 0.260 e. The molecule has 2 aromatic carbocycles. The molecule has 0 aliphatic rings. The Hall–Kier alpha value is -2.49. The number of aromatic nitrogens is 2. The van der Waals surface area contributed by atoms with Gasteiger partial charge >= 0.3 is 0 Å². The summed E-state index contributed by atoms with van der Waals surface area (Å²) in [5.41, 5.74) is 0.859. The normalized spacial score (nSPS) is 11.3. The molecule has 1 heterocycles. The summed E-state index contributed by atoms with van der Waals surface area (Å²) >= 11 is 0. The Kier molecular flexibility index (Phi) is 2.38. The molecule has 0 aliphatic heterocycles. The lowest BCUT2D eigenvalue weighted by molar-refractivity contribution is 1.06. The Morgan fingerprint density at radius 1 is 0.882 bits per heavy atom. The average molecular weight is 222 g/mol. The first kappa shape index (κ1) is 9.72. The minimum atomic E-state index is 0.651. The maximum atomic E-state index is 4.23. The maximum Gasteiger partial charge on any atom is 0.170 e. The third-order valence-corrected chi connectivity index (χ3v) is 2.52. The molecule has 0 saturated heterocycles. The van der Waals surface area contributed by atoms with Gasteiger partial charge in [0, 0.05) is 11.5 Å². The van der Waals surface area contributed by atoms with Crippen LogP contribution in [-0.4, -0.2) is 10.2 Å². The molecule has 0 bridgehead atoms. The molecule has 1 aromatic heterocycles. The van der Waals surface area contributed by atoms with Crippen LogP contribution < -0.4 is 0 Å². The van der Waals surface area contributed by atoms with Crippen LogP contribution in [0.5, 0.6) is 0 Å². The van der Waals surface area contributed by atoms with Crippen LogP contribution >= 0.6 is 0 Å². The van der Waals surface area contributed by atoms with Crippen molar-refractivity contribution in [2.45, 2.75) is 0 Å². The van der Waals surface area contributed by atoms with E-state index in [1.165, 1.54) is 0 Å². The molecule has 0 amide bonds. The van der Waals surface area contributed by atoms with Crippen LogP contribution in [0.3, 0.4) is 0 Å². The van der Waals surface area contributed by atoms with E-state index in [9.17, 15) is 0 Å². The van der Waals surface area contributed by atoms with Crippen molar-refractivity contribution in [1.82, 2.24) is 10.2 Å². The first-order valence-corrected chi connectivity index (χ1v) is 5.32. The predicted molar refractivity (Wildman–Crippen MR) is 66.7 cm³/mol. The monoisotopic (exact) mass is 222 g/mol. The second kappa shape index (κ2) is 4.17. The topological polar surface area (TPSA) is 53.4 Å². The predicted octanol–water partition coefficient (Wildman–Crippen LogP) is 3.98. The van der Waals surface area contributed by atoms with Crippen LogP contribution in [0, 0.1) is 0 Å². The van der Waals surface area contributed by atoms with E-state index >= 15 is 0 Å². The van der Waals surface area contributed by atoms with Crippen molar-refractivity contribution < 1.29 is 0 Å². The van der Waals surface area contributed by atoms with E-state index in [0.29, 0.717) is 5.82 Å². The van der Waals surface area contributed by atoms with E-state index in [1.807, 2.05) is 30.3 Å². The number of rotatable bonds is 2. The van der Waals surface area contributed by atoms with Gasteiger partial charge in [-0.25, -0.2) is 0 Å². The Bertz CT molecular complexity index is 651. The third kappa shape index (κ3) is 1.92.